The molecule has 1 saturated heterocycles. The first-order chi connectivity index (χ1) is 11.7. The maximum absolute atomic E-state index is 11.6. The van der Waals surface area contributed by atoms with Crippen LogP contribution < -0.4 is 5.01 Å². The van der Waals surface area contributed by atoms with Gasteiger partial charge in [0.15, 0.2) is 12.1 Å². The minimum atomic E-state index is 0.373. The van der Waals surface area contributed by atoms with Gasteiger partial charge in [0.25, 0.3) is 0 Å². The minimum Gasteiger partial charge on any atom is -0.379 e. The predicted octanol–water partition coefficient (Wildman–Crippen LogP) is 2.80. The molecular weight excluding hydrogens is 304 g/mol. The summed E-state index contributed by atoms with van der Waals surface area (Å²) in [5, 5.41) is 12.4. The molecule has 24 heavy (non-hydrogen) atoms. The monoisotopic (exact) mass is 326 g/mol. The van der Waals surface area contributed by atoms with Crippen LogP contribution in [-0.4, -0.2) is 47.8 Å². The lowest BCUT2D eigenvalue weighted by atomic mass is 10.0. The summed E-state index contributed by atoms with van der Waals surface area (Å²) in [6.45, 7) is 7.05. The molecule has 0 N–H and O–H groups in total. The van der Waals surface area contributed by atoms with E-state index in [4.69, 9.17) is 4.74 Å². The van der Waals surface area contributed by atoms with E-state index in [9.17, 15) is 4.79 Å². The SMILES string of the molecule is CC(C)c1ccc(C=O)c(N(c2cccnn2)N2CCOCC2)c1. The van der Waals surface area contributed by atoms with Gasteiger partial charge >= 0.3 is 0 Å². The van der Waals surface area contributed by atoms with Gasteiger partial charge in [0.2, 0.25) is 0 Å². The summed E-state index contributed by atoms with van der Waals surface area (Å²) in [6, 6.07) is 9.70. The number of carbonyl (C=O) groups excluding carboxylic acids is 1. The van der Waals surface area contributed by atoms with Crippen LogP contribution in [0.5, 0.6) is 0 Å². The molecule has 0 saturated carbocycles. The first-order valence-corrected chi connectivity index (χ1v) is 8.20. The molecule has 6 heteroatoms. The Morgan fingerprint density at radius 3 is 2.67 bits per heavy atom. The quantitative estimate of drug-likeness (QED) is 0.788. The van der Waals surface area contributed by atoms with Gasteiger partial charge in [-0.25, -0.2) is 5.01 Å². The molecule has 126 valence electrons. The predicted molar refractivity (Wildman–Crippen MR) is 92.5 cm³/mol. The Morgan fingerprint density at radius 2 is 2.04 bits per heavy atom. The van der Waals surface area contributed by atoms with Gasteiger partial charge in [0, 0.05) is 24.8 Å². The molecule has 3 rings (SSSR count). The first kappa shape index (κ1) is 16.5. The van der Waals surface area contributed by atoms with Gasteiger partial charge in [-0.05, 0) is 35.7 Å². The van der Waals surface area contributed by atoms with Crippen LogP contribution in [-0.2, 0) is 4.74 Å². The van der Waals surface area contributed by atoms with Crippen molar-refractivity contribution in [3.63, 3.8) is 0 Å². The maximum atomic E-state index is 11.6. The number of morpholine rings is 1. The molecule has 0 spiro atoms. The third-order valence-electron chi connectivity index (χ3n) is 4.12. The molecule has 2 aromatic rings. The van der Waals surface area contributed by atoms with E-state index in [0.29, 0.717) is 30.5 Å². The number of nitrogens with zero attached hydrogens (tertiary/aromatic N) is 4. The van der Waals surface area contributed by atoms with Crippen molar-refractivity contribution in [1.29, 1.82) is 0 Å². The highest BCUT2D eigenvalue weighted by atomic mass is 16.5. The van der Waals surface area contributed by atoms with Crippen LogP contribution in [0.1, 0.15) is 35.7 Å². The average molecular weight is 326 g/mol. The number of hydrogen-bond donors (Lipinski definition) is 0. The average Bonchev–Trinajstić information content (AvgIpc) is 2.63. The van der Waals surface area contributed by atoms with E-state index in [1.807, 2.05) is 29.3 Å². The van der Waals surface area contributed by atoms with Gasteiger partial charge < -0.3 is 4.74 Å². The fourth-order valence-corrected chi connectivity index (χ4v) is 2.78. The van der Waals surface area contributed by atoms with Crippen LogP contribution in [0.4, 0.5) is 11.5 Å². The highest BCUT2D eigenvalue weighted by molar-refractivity contribution is 5.86. The van der Waals surface area contributed by atoms with Crippen LogP contribution in [0.3, 0.4) is 0 Å². The smallest absolute Gasteiger partial charge is 0.170 e. The van der Waals surface area contributed by atoms with E-state index in [1.54, 1.807) is 6.20 Å². The van der Waals surface area contributed by atoms with E-state index < -0.39 is 0 Å². The zero-order valence-electron chi connectivity index (χ0n) is 14.1. The third kappa shape index (κ3) is 3.44. The van der Waals surface area contributed by atoms with Gasteiger partial charge in [-0.3, -0.25) is 9.80 Å². The molecule has 1 fully saturated rings. The van der Waals surface area contributed by atoms with Crippen molar-refractivity contribution in [3.05, 3.63) is 47.7 Å². The number of anilines is 2. The largest absolute Gasteiger partial charge is 0.379 e. The molecular formula is C18H22N4O2. The summed E-state index contributed by atoms with van der Waals surface area (Å²) in [6.07, 6.45) is 2.54. The highest BCUT2D eigenvalue weighted by Crippen LogP contribution is 2.31. The molecule has 1 aromatic heterocycles. The van der Waals surface area contributed by atoms with Crippen LogP contribution in [0.25, 0.3) is 0 Å². The minimum absolute atomic E-state index is 0.373. The lowest BCUT2D eigenvalue weighted by Gasteiger charge is -2.38. The van der Waals surface area contributed by atoms with E-state index in [0.717, 1.165) is 25.1 Å². The number of benzene rings is 1. The van der Waals surface area contributed by atoms with Gasteiger partial charge in [-0.2, -0.15) is 5.10 Å². The highest BCUT2D eigenvalue weighted by Gasteiger charge is 2.24. The summed E-state index contributed by atoms with van der Waals surface area (Å²) in [7, 11) is 0. The Morgan fingerprint density at radius 1 is 1.25 bits per heavy atom. The van der Waals surface area contributed by atoms with Gasteiger partial charge in [0.05, 0.1) is 18.9 Å². The summed E-state index contributed by atoms with van der Waals surface area (Å²) < 4.78 is 5.47. The Bertz CT molecular complexity index is 685. The molecule has 1 aromatic carbocycles. The molecule has 6 nitrogen and oxygen atoms in total. The molecule has 1 aliphatic rings. The maximum Gasteiger partial charge on any atom is 0.170 e. The second-order valence-corrected chi connectivity index (χ2v) is 6.05. The van der Waals surface area contributed by atoms with Crippen LogP contribution in [0.15, 0.2) is 36.5 Å². The molecule has 1 aliphatic heterocycles. The van der Waals surface area contributed by atoms with Gasteiger partial charge in [0.1, 0.15) is 0 Å². The standard InChI is InChI=1S/C18H22N4O2/c1-14(2)15-5-6-16(13-23)17(12-15)22(18-4-3-7-19-20-18)21-8-10-24-11-9-21/h3-7,12-14H,8-11H2,1-2H3. The van der Waals surface area contributed by atoms with Crippen molar-refractivity contribution in [2.24, 2.45) is 0 Å². The Balaban J connectivity index is 2.10. The van der Waals surface area contributed by atoms with Crippen LogP contribution >= 0.6 is 0 Å². The lowest BCUT2D eigenvalue weighted by Crippen LogP contribution is -2.47. The van der Waals surface area contributed by atoms with Crippen molar-refractivity contribution in [1.82, 2.24) is 15.2 Å². The lowest BCUT2D eigenvalue weighted by molar-refractivity contribution is 0.0374. The molecule has 0 aliphatic carbocycles. The second kappa shape index (κ2) is 7.51. The Kier molecular flexibility index (Phi) is 5.17. The van der Waals surface area contributed by atoms with Gasteiger partial charge in [-0.1, -0.05) is 19.9 Å². The normalized spacial score (nSPS) is 15.5. The van der Waals surface area contributed by atoms with Crippen molar-refractivity contribution >= 4 is 17.8 Å². The van der Waals surface area contributed by atoms with Crippen molar-refractivity contribution in [2.45, 2.75) is 19.8 Å². The van der Waals surface area contributed by atoms with Crippen molar-refractivity contribution in [3.8, 4) is 0 Å². The topological polar surface area (TPSA) is 58.6 Å². The van der Waals surface area contributed by atoms with Crippen LogP contribution in [0.2, 0.25) is 0 Å². The number of aromatic nitrogens is 2. The number of carbonyl (C=O) groups is 1. The van der Waals surface area contributed by atoms with Crippen molar-refractivity contribution in [2.75, 3.05) is 31.3 Å². The molecule has 0 atom stereocenters. The zero-order valence-corrected chi connectivity index (χ0v) is 14.1. The fraction of sp³-hybridized carbons (Fsp3) is 0.389. The van der Waals surface area contributed by atoms with Gasteiger partial charge in [-0.15, -0.1) is 5.10 Å². The fourth-order valence-electron chi connectivity index (χ4n) is 2.78. The Hall–Kier alpha value is -2.31. The number of ether oxygens (including phenoxy) is 1. The van der Waals surface area contributed by atoms with Crippen LogP contribution in [0, 0.1) is 0 Å². The first-order valence-electron chi connectivity index (χ1n) is 8.20. The zero-order chi connectivity index (χ0) is 16.9. The number of hydrazine groups is 1. The molecule has 0 bridgehead atoms. The molecule has 0 amide bonds. The van der Waals surface area contributed by atoms with E-state index in [1.165, 1.54) is 5.56 Å². The molecule has 2 heterocycles. The van der Waals surface area contributed by atoms with E-state index in [-0.39, 0.29) is 0 Å². The number of rotatable bonds is 5. The second-order valence-electron chi connectivity index (χ2n) is 6.05. The van der Waals surface area contributed by atoms with E-state index in [2.05, 4.69) is 35.1 Å². The van der Waals surface area contributed by atoms with E-state index >= 15 is 0 Å². The summed E-state index contributed by atoms with van der Waals surface area (Å²) in [5.41, 5.74) is 2.65. The summed E-state index contributed by atoms with van der Waals surface area (Å²) >= 11 is 0. The molecule has 0 radical (unpaired) electrons. The summed E-state index contributed by atoms with van der Waals surface area (Å²) in [5.74, 6) is 1.07. The third-order valence-corrected chi connectivity index (χ3v) is 4.12. The summed E-state index contributed by atoms with van der Waals surface area (Å²) in [4.78, 5) is 11.6. The Labute approximate surface area is 142 Å². The number of aldehydes is 1. The van der Waals surface area contributed by atoms with Crippen molar-refractivity contribution < 1.29 is 9.53 Å². The number of hydrogen-bond acceptors (Lipinski definition) is 6. The molecule has 0 unspecified atom stereocenters.